The second kappa shape index (κ2) is 7.66. The van der Waals surface area contributed by atoms with Crippen molar-refractivity contribution in [3.63, 3.8) is 0 Å². The summed E-state index contributed by atoms with van der Waals surface area (Å²) >= 11 is 11.5. The first kappa shape index (κ1) is 21.3. The smallest absolute Gasteiger partial charge is 0.197 e. The summed E-state index contributed by atoms with van der Waals surface area (Å²) in [5.41, 5.74) is 5.01. The zero-order valence-corrected chi connectivity index (χ0v) is 19.5. The molecule has 0 bridgehead atoms. The van der Waals surface area contributed by atoms with E-state index in [1.165, 1.54) is 0 Å². The van der Waals surface area contributed by atoms with Crippen LogP contribution in [0.25, 0.3) is 11.3 Å². The molecule has 6 nitrogen and oxygen atoms in total. The van der Waals surface area contributed by atoms with Gasteiger partial charge in [-0.05, 0) is 48.6 Å². The van der Waals surface area contributed by atoms with Gasteiger partial charge in [0.2, 0.25) is 0 Å². The van der Waals surface area contributed by atoms with Crippen molar-refractivity contribution >= 4 is 46.1 Å². The molecule has 2 aromatic carbocycles. The molecular weight excluding hydrogens is 432 g/mol. The zero-order chi connectivity index (χ0) is 22.5. The summed E-state index contributed by atoms with van der Waals surface area (Å²) in [7, 11) is 3.45. The normalized spacial score (nSPS) is 12.4. The number of anilines is 2. The predicted octanol–water partition coefficient (Wildman–Crippen LogP) is 5.40. The second-order valence-electron chi connectivity index (χ2n) is 8.46. The van der Waals surface area contributed by atoms with Gasteiger partial charge in [-0.25, -0.2) is 0 Å². The minimum absolute atomic E-state index is 0.0120. The maximum Gasteiger partial charge on any atom is 0.197 e. The van der Waals surface area contributed by atoms with Gasteiger partial charge in [0, 0.05) is 34.3 Å². The third kappa shape index (κ3) is 3.79. The summed E-state index contributed by atoms with van der Waals surface area (Å²) in [5, 5.41) is 11.8. The Hall–Kier alpha value is -2.90. The summed E-state index contributed by atoms with van der Waals surface area (Å²) in [5.74, 6) is 0.609. The number of nitrogens with one attached hydrogen (secondary N) is 2. The van der Waals surface area contributed by atoms with Crippen LogP contribution in [0.1, 0.15) is 42.4 Å². The highest BCUT2D eigenvalue weighted by Crippen LogP contribution is 2.42. The fourth-order valence-electron chi connectivity index (χ4n) is 3.79. The number of ketones is 1. The van der Waals surface area contributed by atoms with Crippen LogP contribution >= 0.6 is 23.8 Å². The molecule has 2 N–H and O–H groups in total. The lowest BCUT2D eigenvalue weighted by Gasteiger charge is -2.16. The van der Waals surface area contributed by atoms with E-state index in [1.807, 2.05) is 25.2 Å². The van der Waals surface area contributed by atoms with Gasteiger partial charge in [-0.15, -0.1) is 0 Å². The van der Waals surface area contributed by atoms with Crippen molar-refractivity contribution in [2.45, 2.75) is 26.2 Å². The van der Waals surface area contributed by atoms with Crippen molar-refractivity contribution in [2.75, 3.05) is 17.7 Å². The molecule has 1 heterocycles. The van der Waals surface area contributed by atoms with Gasteiger partial charge in [0.15, 0.2) is 10.9 Å². The maximum atomic E-state index is 13.3. The number of thiocarbonyl (C=S) groups is 1. The van der Waals surface area contributed by atoms with Crippen LogP contribution in [0, 0.1) is 0 Å². The van der Waals surface area contributed by atoms with Crippen LogP contribution in [0.2, 0.25) is 5.02 Å². The number of methoxy groups -OCH3 is 1. The first-order valence-electron chi connectivity index (χ1n) is 9.78. The number of hydrogen-bond donors (Lipinski definition) is 2. The van der Waals surface area contributed by atoms with E-state index in [-0.39, 0.29) is 11.2 Å². The molecule has 1 aliphatic carbocycles. The molecular formula is C23H23ClN4O2S. The number of fused-ring (bicyclic) bond motifs is 3. The van der Waals surface area contributed by atoms with E-state index < -0.39 is 0 Å². The van der Waals surface area contributed by atoms with Crippen LogP contribution in [0.5, 0.6) is 5.75 Å². The van der Waals surface area contributed by atoms with Gasteiger partial charge in [0.1, 0.15) is 5.75 Å². The molecule has 0 atom stereocenters. The molecule has 3 aromatic rings. The average molecular weight is 455 g/mol. The number of carbonyl (C=O) groups is 1. The molecule has 0 saturated heterocycles. The Kier molecular flexibility index (Phi) is 5.27. The molecule has 8 heteroatoms. The van der Waals surface area contributed by atoms with Crippen LogP contribution in [0.15, 0.2) is 36.4 Å². The number of ether oxygens (including phenoxy) is 1. The first-order chi connectivity index (χ1) is 14.6. The minimum atomic E-state index is -0.231. The van der Waals surface area contributed by atoms with E-state index in [9.17, 15) is 4.79 Å². The Balaban J connectivity index is 1.61. The fourth-order valence-corrected chi connectivity index (χ4v) is 4.19. The van der Waals surface area contributed by atoms with Crippen molar-refractivity contribution in [3.8, 4) is 17.0 Å². The molecule has 0 aliphatic heterocycles. The number of aryl methyl sites for hydroxylation is 1. The summed E-state index contributed by atoms with van der Waals surface area (Å²) in [6.45, 7) is 6.19. The van der Waals surface area contributed by atoms with Crippen LogP contribution in [-0.4, -0.2) is 27.8 Å². The van der Waals surface area contributed by atoms with Gasteiger partial charge in [-0.3, -0.25) is 9.48 Å². The molecule has 1 aliphatic rings. The largest absolute Gasteiger partial charge is 0.495 e. The van der Waals surface area contributed by atoms with Crippen LogP contribution in [0.4, 0.5) is 11.4 Å². The summed E-state index contributed by atoms with van der Waals surface area (Å²) in [4.78, 5) is 13.3. The SMILES string of the molecule is COc1ccc(Cl)cc1NC(=S)Nc1ccc2c(c1)C(=O)c1c(C(C)(C)C)nn(C)c1-2. The quantitative estimate of drug-likeness (QED) is 0.404. The van der Waals surface area contributed by atoms with E-state index in [1.54, 1.807) is 30.0 Å². The summed E-state index contributed by atoms with van der Waals surface area (Å²) in [6, 6.07) is 10.9. The number of halogens is 1. The second-order valence-corrected chi connectivity index (χ2v) is 9.30. The van der Waals surface area contributed by atoms with Gasteiger partial charge >= 0.3 is 0 Å². The number of rotatable bonds is 3. The third-order valence-electron chi connectivity index (χ3n) is 5.17. The minimum Gasteiger partial charge on any atom is -0.495 e. The molecule has 31 heavy (non-hydrogen) atoms. The molecule has 0 fully saturated rings. The average Bonchev–Trinajstić information content (AvgIpc) is 3.18. The molecule has 1 aromatic heterocycles. The Morgan fingerprint density at radius 2 is 1.87 bits per heavy atom. The van der Waals surface area contributed by atoms with Gasteiger partial charge < -0.3 is 15.4 Å². The van der Waals surface area contributed by atoms with Crippen molar-refractivity contribution in [1.82, 2.24) is 9.78 Å². The predicted molar refractivity (Wildman–Crippen MR) is 129 cm³/mol. The highest BCUT2D eigenvalue weighted by molar-refractivity contribution is 7.80. The number of carbonyl (C=O) groups excluding carboxylic acids is 1. The van der Waals surface area contributed by atoms with Gasteiger partial charge in [-0.1, -0.05) is 32.4 Å². The monoisotopic (exact) mass is 454 g/mol. The Labute approximate surface area is 191 Å². The molecule has 4 rings (SSSR count). The lowest BCUT2D eigenvalue weighted by Crippen LogP contribution is -2.20. The Morgan fingerprint density at radius 1 is 1.13 bits per heavy atom. The lowest BCUT2D eigenvalue weighted by molar-refractivity contribution is 0.104. The summed E-state index contributed by atoms with van der Waals surface area (Å²) < 4.78 is 7.14. The molecule has 0 saturated carbocycles. The Bertz CT molecular complexity index is 1230. The molecule has 0 radical (unpaired) electrons. The van der Waals surface area contributed by atoms with E-state index in [0.29, 0.717) is 38.4 Å². The topological polar surface area (TPSA) is 68.2 Å². The number of nitrogens with zero attached hydrogens (tertiary/aromatic N) is 2. The van der Waals surface area contributed by atoms with Crippen molar-refractivity contribution in [1.29, 1.82) is 0 Å². The zero-order valence-electron chi connectivity index (χ0n) is 18.0. The fraction of sp³-hybridized carbons (Fsp3) is 0.261. The van der Waals surface area contributed by atoms with E-state index in [0.717, 1.165) is 17.0 Å². The highest BCUT2D eigenvalue weighted by Gasteiger charge is 2.37. The van der Waals surface area contributed by atoms with Crippen LogP contribution in [0.3, 0.4) is 0 Å². The molecule has 160 valence electrons. The standard InChI is InChI=1S/C23H23ClN4O2S/c1-23(2,3)21-18-19(28(4)27-21)14-8-7-13(11-15(14)20(18)29)25-22(31)26-16-10-12(24)6-9-17(16)30-5/h6-11H,1-5H3,(H2,25,26,31). The lowest BCUT2D eigenvalue weighted by atomic mass is 9.88. The van der Waals surface area contributed by atoms with Gasteiger partial charge in [0.25, 0.3) is 0 Å². The molecule has 0 amide bonds. The van der Waals surface area contributed by atoms with E-state index in [4.69, 9.17) is 28.6 Å². The third-order valence-corrected chi connectivity index (χ3v) is 5.61. The molecule has 0 unspecified atom stereocenters. The highest BCUT2D eigenvalue weighted by atomic mass is 35.5. The number of aromatic nitrogens is 2. The van der Waals surface area contributed by atoms with Gasteiger partial charge in [0.05, 0.1) is 29.7 Å². The van der Waals surface area contributed by atoms with Crippen molar-refractivity contribution < 1.29 is 9.53 Å². The van der Waals surface area contributed by atoms with Gasteiger partial charge in [-0.2, -0.15) is 5.10 Å². The van der Waals surface area contributed by atoms with Crippen LogP contribution < -0.4 is 15.4 Å². The van der Waals surface area contributed by atoms with Crippen molar-refractivity contribution in [3.05, 3.63) is 58.2 Å². The molecule has 0 spiro atoms. The Morgan fingerprint density at radius 3 is 2.55 bits per heavy atom. The number of benzene rings is 2. The summed E-state index contributed by atoms with van der Waals surface area (Å²) in [6.07, 6.45) is 0. The van der Waals surface area contributed by atoms with Crippen LogP contribution in [-0.2, 0) is 12.5 Å². The first-order valence-corrected chi connectivity index (χ1v) is 10.6. The maximum absolute atomic E-state index is 13.3. The van der Waals surface area contributed by atoms with Crippen molar-refractivity contribution in [2.24, 2.45) is 7.05 Å². The van der Waals surface area contributed by atoms with E-state index >= 15 is 0 Å². The number of hydrogen-bond acceptors (Lipinski definition) is 4. The van der Waals surface area contributed by atoms with E-state index in [2.05, 4.69) is 36.5 Å².